The minimum atomic E-state index is 0.120. The van der Waals surface area contributed by atoms with E-state index < -0.39 is 0 Å². The number of para-hydroxylation sites is 1. The van der Waals surface area contributed by atoms with E-state index in [4.69, 9.17) is 11.6 Å². The second-order valence-electron chi connectivity index (χ2n) is 10.3. The molecule has 6 heteroatoms. The molecule has 5 nitrogen and oxygen atoms in total. The lowest BCUT2D eigenvalue weighted by molar-refractivity contribution is -0.132. The van der Waals surface area contributed by atoms with Crippen LogP contribution in [0.4, 0.5) is 5.69 Å². The fourth-order valence-electron chi connectivity index (χ4n) is 5.65. The number of nitrogens with zero attached hydrogens (tertiary/aromatic N) is 3. The standard InChI is InChI=1S/C30H40ClN3O2/c1-24(35)34-19-11-5-3-2-4-10-18-33(23-26-13-7-9-15-29(26)34)27-16-20-32(21-17-27)30(36)22-25-12-6-8-14-28(25)31/h6-9,12-15,27H,2-5,10-11,16-23H2,1H3. The molecular weight excluding hydrogens is 470 g/mol. The van der Waals surface area contributed by atoms with Gasteiger partial charge in [-0.1, -0.05) is 73.7 Å². The van der Waals surface area contributed by atoms with E-state index in [9.17, 15) is 9.59 Å². The van der Waals surface area contributed by atoms with Gasteiger partial charge in [0, 0.05) is 49.9 Å². The second kappa shape index (κ2) is 13.3. The number of anilines is 1. The van der Waals surface area contributed by atoms with Crippen molar-refractivity contribution in [2.24, 2.45) is 0 Å². The quantitative estimate of drug-likeness (QED) is 0.503. The third-order valence-electron chi connectivity index (χ3n) is 7.75. The second-order valence-corrected chi connectivity index (χ2v) is 10.7. The van der Waals surface area contributed by atoms with Crippen LogP contribution < -0.4 is 4.90 Å². The third kappa shape index (κ3) is 7.10. The smallest absolute Gasteiger partial charge is 0.227 e. The fourth-order valence-corrected chi connectivity index (χ4v) is 5.86. The van der Waals surface area contributed by atoms with Crippen LogP contribution in [0.15, 0.2) is 48.5 Å². The monoisotopic (exact) mass is 509 g/mol. The van der Waals surface area contributed by atoms with Gasteiger partial charge >= 0.3 is 0 Å². The Kier molecular flexibility index (Phi) is 9.82. The predicted octanol–water partition coefficient (Wildman–Crippen LogP) is 6.08. The Hall–Kier alpha value is -2.37. The number of rotatable bonds is 3. The molecule has 2 heterocycles. The molecule has 2 aliphatic heterocycles. The summed E-state index contributed by atoms with van der Waals surface area (Å²) in [5.41, 5.74) is 3.18. The van der Waals surface area contributed by atoms with E-state index in [2.05, 4.69) is 23.1 Å². The highest BCUT2D eigenvalue weighted by Gasteiger charge is 2.28. The molecule has 1 saturated heterocycles. The normalized spacial score (nSPS) is 19.1. The summed E-state index contributed by atoms with van der Waals surface area (Å²) >= 11 is 6.29. The first-order valence-corrected chi connectivity index (χ1v) is 14.0. The average molecular weight is 510 g/mol. The van der Waals surface area contributed by atoms with Gasteiger partial charge in [-0.25, -0.2) is 0 Å². The summed E-state index contributed by atoms with van der Waals surface area (Å²) in [6.07, 6.45) is 9.50. The van der Waals surface area contributed by atoms with Crippen LogP contribution in [0, 0.1) is 0 Å². The lowest BCUT2D eigenvalue weighted by atomic mass is 10.00. The Labute approximate surface area is 221 Å². The van der Waals surface area contributed by atoms with E-state index in [0.717, 1.165) is 63.2 Å². The molecule has 2 aliphatic rings. The van der Waals surface area contributed by atoms with Gasteiger partial charge in [-0.2, -0.15) is 0 Å². The van der Waals surface area contributed by atoms with Crippen molar-refractivity contribution in [1.29, 1.82) is 0 Å². The number of carbonyl (C=O) groups is 2. The molecule has 0 aliphatic carbocycles. The molecule has 194 valence electrons. The molecule has 2 aromatic rings. The lowest BCUT2D eigenvalue weighted by Gasteiger charge is -2.39. The van der Waals surface area contributed by atoms with Gasteiger partial charge in [0.05, 0.1) is 6.42 Å². The Balaban J connectivity index is 1.44. The summed E-state index contributed by atoms with van der Waals surface area (Å²) in [4.78, 5) is 32.1. The molecule has 2 amide bonds. The highest BCUT2D eigenvalue weighted by Crippen LogP contribution is 2.27. The molecule has 0 radical (unpaired) electrons. The summed E-state index contributed by atoms with van der Waals surface area (Å²) in [6.45, 7) is 5.95. The van der Waals surface area contributed by atoms with E-state index in [0.29, 0.717) is 17.5 Å². The summed E-state index contributed by atoms with van der Waals surface area (Å²) in [7, 11) is 0. The molecule has 0 aromatic heterocycles. The molecule has 0 saturated carbocycles. The number of carbonyl (C=O) groups excluding carboxylic acids is 2. The van der Waals surface area contributed by atoms with Gasteiger partial charge < -0.3 is 9.80 Å². The average Bonchev–Trinajstić information content (AvgIpc) is 2.90. The van der Waals surface area contributed by atoms with Crippen LogP contribution in [0.5, 0.6) is 0 Å². The van der Waals surface area contributed by atoms with Crippen LogP contribution in [-0.2, 0) is 22.6 Å². The van der Waals surface area contributed by atoms with Crippen LogP contribution >= 0.6 is 11.6 Å². The first-order valence-electron chi connectivity index (χ1n) is 13.6. The van der Waals surface area contributed by atoms with Gasteiger partial charge in [-0.15, -0.1) is 0 Å². The summed E-state index contributed by atoms with van der Waals surface area (Å²) in [5.74, 6) is 0.281. The van der Waals surface area contributed by atoms with Gasteiger partial charge in [0.15, 0.2) is 0 Å². The summed E-state index contributed by atoms with van der Waals surface area (Å²) in [6, 6.07) is 16.5. The van der Waals surface area contributed by atoms with Crippen LogP contribution in [0.3, 0.4) is 0 Å². The van der Waals surface area contributed by atoms with Crippen molar-refractivity contribution in [1.82, 2.24) is 9.80 Å². The highest BCUT2D eigenvalue weighted by molar-refractivity contribution is 6.31. The SMILES string of the molecule is CC(=O)N1CCCCCCCCN(C2CCN(C(=O)Cc3ccccc3Cl)CC2)Cc2ccccc21. The number of hydrogen-bond acceptors (Lipinski definition) is 3. The van der Waals surface area contributed by atoms with Crippen LogP contribution in [0.1, 0.15) is 69.4 Å². The molecule has 2 aromatic carbocycles. The maximum Gasteiger partial charge on any atom is 0.227 e. The van der Waals surface area contributed by atoms with Gasteiger partial charge in [0.25, 0.3) is 0 Å². The summed E-state index contributed by atoms with van der Waals surface area (Å²) in [5, 5.41) is 0.661. The van der Waals surface area contributed by atoms with E-state index in [1.165, 1.54) is 37.7 Å². The number of amides is 2. The molecule has 0 N–H and O–H groups in total. The van der Waals surface area contributed by atoms with Crippen molar-refractivity contribution < 1.29 is 9.59 Å². The first kappa shape index (κ1) is 26.7. The zero-order valence-corrected chi connectivity index (χ0v) is 22.4. The van der Waals surface area contributed by atoms with E-state index >= 15 is 0 Å². The Morgan fingerprint density at radius 3 is 2.19 bits per heavy atom. The van der Waals surface area contributed by atoms with Gasteiger partial charge in [0.2, 0.25) is 11.8 Å². The zero-order valence-electron chi connectivity index (χ0n) is 21.6. The minimum absolute atomic E-state index is 0.120. The highest BCUT2D eigenvalue weighted by atomic mass is 35.5. The van der Waals surface area contributed by atoms with E-state index in [1.54, 1.807) is 6.92 Å². The maximum atomic E-state index is 13.0. The van der Waals surface area contributed by atoms with Crippen molar-refractivity contribution in [3.8, 4) is 0 Å². The van der Waals surface area contributed by atoms with Crippen molar-refractivity contribution in [3.05, 3.63) is 64.7 Å². The van der Waals surface area contributed by atoms with Crippen LogP contribution in [-0.4, -0.2) is 53.8 Å². The number of benzene rings is 2. The Morgan fingerprint density at radius 1 is 0.833 bits per heavy atom. The van der Waals surface area contributed by atoms with Gasteiger partial charge in [0.1, 0.15) is 0 Å². The number of piperidine rings is 1. The number of likely N-dealkylation sites (tertiary alicyclic amines) is 1. The third-order valence-corrected chi connectivity index (χ3v) is 8.11. The van der Waals surface area contributed by atoms with E-state index in [1.807, 2.05) is 40.1 Å². The predicted molar refractivity (Wildman–Crippen MR) is 147 cm³/mol. The van der Waals surface area contributed by atoms with Gasteiger partial charge in [-0.3, -0.25) is 14.5 Å². The van der Waals surface area contributed by atoms with Crippen molar-refractivity contribution >= 4 is 29.1 Å². The van der Waals surface area contributed by atoms with E-state index in [-0.39, 0.29) is 11.8 Å². The van der Waals surface area contributed by atoms with Crippen LogP contribution in [0.25, 0.3) is 0 Å². The molecule has 0 bridgehead atoms. The number of hydrogen-bond donors (Lipinski definition) is 0. The number of fused-ring (bicyclic) bond motifs is 1. The van der Waals surface area contributed by atoms with Gasteiger partial charge in [-0.05, 0) is 55.5 Å². The molecule has 4 rings (SSSR count). The summed E-state index contributed by atoms with van der Waals surface area (Å²) < 4.78 is 0. The molecule has 0 unspecified atom stereocenters. The number of halogens is 1. The molecule has 0 spiro atoms. The topological polar surface area (TPSA) is 43.9 Å². The molecule has 36 heavy (non-hydrogen) atoms. The Morgan fingerprint density at radius 2 is 1.47 bits per heavy atom. The fraction of sp³-hybridized carbons (Fsp3) is 0.533. The minimum Gasteiger partial charge on any atom is -0.342 e. The van der Waals surface area contributed by atoms with Crippen molar-refractivity contribution in [2.45, 2.75) is 77.3 Å². The first-order chi connectivity index (χ1) is 17.5. The largest absolute Gasteiger partial charge is 0.342 e. The Bertz CT molecular complexity index is 1020. The molecular formula is C30H40ClN3O2. The van der Waals surface area contributed by atoms with Crippen molar-refractivity contribution in [3.63, 3.8) is 0 Å². The molecule has 0 atom stereocenters. The van der Waals surface area contributed by atoms with Crippen LogP contribution in [0.2, 0.25) is 5.02 Å². The molecule has 1 fully saturated rings. The maximum absolute atomic E-state index is 13.0. The van der Waals surface area contributed by atoms with Crippen molar-refractivity contribution in [2.75, 3.05) is 31.1 Å². The lowest BCUT2D eigenvalue weighted by Crippen LogP contribution is -2.47. The zero-order chi connectivity index (χ0) is 25.3.